The first-order chi connectivity index (χ1) is 24.1. The predicted molar refractivity (Wildman–Crippen MR) is 213 cm³/mol. The average Bonchev–Trinajstić information content (AvgIpc) is 3.57. The molecule has 1 unspecified atom stereocenters. The minimum Gasteiger partial charge on any atom is -0.505 e. The minimum atomic E-state index is -0.833. The number of imide groups is 1. The van der Waals surface area contributed by atoms with Gasteiger partial charge in [0, 0.05) is 56.4 Å². The van der Waals surface area contributed by atoms with E-state index in [1.165, 1.54) is 40.7 Å². The van der Waals surface area contributed by atoms with Crippen LogP contribution in [0.4, 0.5) is 0 Å². The van der Waals surface area contributed by atoms with Crippen molar-refractivity contribution < 1.29 is 57.9 Å². The Morgan fingerprint density at radius 1 is 1.06 bits per heavy atom. The van der Waals surface area contributed by atoms with Crippen molar-refractivity contribution in [2.45, 2.75) is 46.6 Å². The molecule has 0 aromatic heterocycles. The number of carbonyl (C=O) groups excluding carboxylic acids is 5. The van der Waals surface area contributed by atoms with Gasteiger partial charge in [-0.05, 0) is 68.8 Å². The number of hydrogen-bond donors (Lipinski definition) is 5. The van der Waals surface area contributed by atoms with Crippen LogP contribution >= 0.6 is 12.6 Å². The Hall–Kier alpha value is -4.29. The van der Waals surface area contributed by atoms with Gasteiger partial charge < -0.3 is 45.1 Å². The minimum absolute atomic E-state index is 0.102. The molecule has 1 atom stereocenters. The summed E-state index contributed by atoms with van der Waals surface area (Å²) in [7, 11) is 17.9. The Kier molecular flexibility index (Phi) is 74.9. The number of cyclic esters (lactones) is 1. The number of nitrogens with zero attached hydrogens (tertiary/aromatic N) is 2. The van der Waals surface area contributed by atoms with E-state index in [0.717, 1.165) is 37.9 Å². The van der Waals surface area contributed by atoms with Crippen LogP contribution in [0, 0.1) is 0 Å². The molecule has 2 heterocycles. The number of aliphatic hydroxyl groups excluding tert-OH is 1. The van der Waals surface area contributed by atoms with Crippen LogP contribution in [0.5, 0.6) is 0 Å². The van der Waals surface area contributed by atoms with Crippen LogP contribution in [-0.4, -0.2) is 146 Å². The molecular formula is C35H70N4O12S. The number of thiol groups is 1. The maximum absolute atomic E-state index is 10.8. The number of esters is 3. The van der Waals surface area contributed by atoms with Gasteiger partial charge in [0.05, 0.1) is 27.6 Å². The second kappa shape index (κ2) is 56.1. The van der Waals surface area contributed by atoms with Gasteiger partial charge in [0.1, 0.15) is 6.10 Å². The van der Waals surface area contributed by atoms with Crippen LogP contribution in [0.2, 0.25) is 0 Å². The van der Waals surface area contributed by atoms with Gasteiger partial charge in [-0.25, -0.2) is 14.4 Å². The molecule has 2 rings (SSSR count). The SMILES string of the molecule is C=C(C)C(=O)OC.C=C1CC(CC)OC1=O.C=CC(=O)OC.C=COC.CC(=O)O.CC1=CC(=O)N(C)C1=O.CN.CN(C)C.CNC.CO.CS. The normalized spacial score (nSPS) is 12.0. The van der Waals surface area contributed by atoms with Crippen molar-refractivity contribution in [1.82, 2.24) is 15.1 Å². The molecule has 1 saturated heterocycles. The summed E-state index contributed by atoms with van der Waals surface area (Å²) in [6, 6.07) is 0. The first-order valence-electron chi connectivity index (χ1n) is 15.0. The van der Waals surface area contributed by atoms with Crippen molar-refractivity contribution >= 4 is 48.3 Å². The lowest BCUT2D eigenvalue weighted by Gasteiger charge is -2.03. The van der Waals surface area contributed by atoms with Crippen LogP contribution in [0.3, 0.4) is 0 Å². The number of aliphatic carboxylic acids is 1. The number of hydrogen-bond acceptors (Lipinski definition) is 15. The molecule has 0 bridgehead atoms. The maximum atomic E-state index is 10.8. The van der Waals surface area contributed by atoms with Gasteiger partial charge in [-0.3, -0.25) is 19.3 Å². The number of carbonyl (C=O) groups is 6. The van der Waals surface area contributed by atoms with E-state index < -0.39 is 11.9 Å². The van der Waals surface area contributed by atoms with Gasteiger partial charge in [0.15, 0.2) is 0 Å². The number of carboxylic acid groups (broad SMARTS) is 1. The van der Waals surface area contributed by atoms with Gasteiger partial charge in [-0.15, -0.1) is 0 Å². The van der Waals surface area contributed by atoms with E-state index in [9.17, 15) is 24.0 Å². The lowest BCUT2D eigenvalue weighted by atomic mass is 10.1. The molecule has 2 aliphatic rings. The Labute approximate surface area is 318 Å². The Morgan fingerprint density at radius 2 is 1.40 bits per heavy atom. The molecular weight excluding hydrogens is 700 g/mol. The Morgan fingerprint density at radius 3 is 1.46 bits per heavy atom. The third-order valence-electron chi connectivity index (χ3n) is 3.87. The lowest BCUT2D eigenvalue weighted by molar-refractivity contribution is -0.139. The fourth-order valence-electron chi connectivity index (χ4n) is 1.83. The number of carboxylic acids is 1. The number of methoxy groups -OCH3 is 3. The van der Waals surface area contributed by atoms with E-state index in [2.05, 4.69) is 64.2 Å². The van der Waals surface area contributed by atoms with Gasteiger partial charge >= 0.3 is 17.9 Å². The first-order valence-corrected chi connectivity index (χ1v) is 15.9. The summed E-state index contributed by atoms with van der Waals surface area (Å²) in [6.45, 7) is 19.6. The fraction of sp³-hybridized carbons (Fsp3) is 0.543. The number of rotatable bonds is 4. The van der Waals surface area contributed by atoms with Crippen LogP contribution in [0.15, 0.2) is 61.4 Å². The monoisotopic (exact) mass is 770 g/mol. The zero-order valence-corrected chi connectivity index (χ0v) is 35.3. The second-order valence-electron chi connectivity index (χ2n) is 9.04. The van der Waals surface area contributed by atoms with Gasteiger partial charge in [-0.1, -0.05) is 33.2 Å². The smallest absolute Gasteiger partial charge is 0.333 e. The molecule has 0 aromatic rings. The summed E-state index contributed by atoms with van der Waals surface area (Å²) in [5.41, 5.74) is 6.06. The van der Waals surface area contributed by atoms with Crippen molar-refractivity contribution in [3.8, 4) is 0 Å². The second-order valence-corrected chi connectivity index (χ2v) is 9.04. The fourth-order valence-corrected chi connectivity index (χ4v) is 1.83. The van der Waals surface area contributed by atoms with Crippen LogP contribution in [0.1, 0.15) is 40.5 Å². The van der Waals surface area contributed by atoms with Crippen molar-refractivity contribution in [3.05, 3.63) is 61.4 Å². The molecule has 52 heavy (non-hydrogen) atoms. The highest BCUT2D eigenvalue weighted by Gasteiger charge is 2.25. The maximum Gasteiger partial charge on any atom is 0.333 e. The number of aliphatic hydroxyl groups is 1. The molecule has 16 nitrogen and oxygen atoms in total. The summed E-state index contributed by atoms with van der Waals surface area (Å²) in [4.78, 5) is 64.1. The van der Waals surface area contributed by atoms with E-state index in [0.29, 0.717) is 16.7 Å². The average molecular weight is 771 g/mol. The molecule has 2 aliphatic heterocycles. The third-order valence-corrected chi connectivity index (χ3v) is 3.87. The topological polar surface area (TPSA) is 224 Å². The molecule has 0 radical (unpaired) electrons. The van der Waals surface area contributed by atoms with E-state index in [1.54, 1.807) is 27.2 Å². The number of amides is 2. The van der Waals surface area contributed by atoms with E-state index in [4.69, 9.17) is 19.7 Å². The van der Waals surface area contributed by atoms with E-state index in [1.807, 2.05) is 47.1 Å². The van der Waals surface area contributed by atoms with E-state index >= 15 is 0 Å². The molecule has 0 aromatic carbocycles. The molecule has 1 fully saturated rings. The zero-order chi connectivity index (χ0) is 44.0. The summed E-state index contributed by atoms with van der Waals surface area (Å²) in [5, 5.41) is 17.2. The molecule has 5 N–H and O–H groups in total. The molecule has 0 aliphatic carbocycles. The number of nitrogens with one attached hydrogen (secondary N) is 1. The Bertz CT molecular complexity index is 980. The van der Waals surface area contributed by atoms with Gasteiger partial charge in [-0.2, -0.15) is 12.6 Å². The summed E-state index contributed by atoms with van der Waals surface area (Å²) in [6.07, 6.45) is 7.23. The molecule has 0 saturated carbocycles. The number of likely N-dealkylation sites (N-methyl/N-ethyl adjacent to an activating group) is 1. The predicted octanol–water partition coefficient (Wildman–Crippen LogP) is 2.89. The standard InChI is InChI=1S/C7H10O2.C6H7NO2.C5H8O2.C4H6O2.C3H9N.C3H6O.C2H7N.C2H4O2.CH5N.CH4O.CH4S/c1-3-6-4-5(2)7(8)9-6;1-4-3-5(8)7(2)6(4)9;1-4(2)5(6)7-3;1-3-4(5)6-2;1-4(2)3;1-3-4-2;1-3-2;1-2(3)4;3*1-2/h6H,2-4H2,1H3;3H,1-2H3;1H2,2-3H3;3H,1H2,2H3;1-3H3;3H,1H2,2H3;3H,1-2H3;1H3,(H,3,4);2H2,1H3;2*2H,1H3. The van der Waals surface area contributed by atoms with Crippen molar-refractivity contribution in [2.24, 2.45) is 5.73 Å². The third kappa shape index (κ3) is 67.8. The van der Waals surface area contributed by atoms with Crippen molar-refractivity contribution in [2.75, 3.05) is 84.0 Å². The lowest BCUT2D eigenvalue weighted by Crippen LogP contribution is -2.25. The summed E-state index contributed by atoms with van der Waals surface area (Å²) >= 11 is 3.53. The van der Waals surface area contributed by atoms with Crippen molar-refractivity contribution in [3.63, 3.8) is 0 Å². The highest BCUT2D eigenvalue weighted by molar-refractivity contribution is 7.79. The summed E-state index contributed by atoms with van der Waals surface area (Å²) in [5.74, 6) is -2.21. The highest BCUT2D eigenvalue weighted by Crippen LogP contribution is 2.20. The largest absolute Gasteiger partial charge is 0.505 e. The first kappa shape index (κ1) is 69.5. The van der Waals surface area contributed by atoms with Gasteiger partial charge in [0.25, 0.3) is 17.8 Å². The quantitative estimate of drug-likeness (QED) is 0.0692. The molecule has 17 heteroatoms. The zero-order valence-electron chi connectivity index (χ0n) is 34.4. The van der Waals surface area contributed by atoms with E-state index in [-0.39, 0.29) is 29.9 Å². The van der Waals surface area contributed by atoms with Gasteiger partial charge in [0.2, 0.25) is 0 Å². The number of ether oxygens (including phenoxy) is 4. The molecule has 2 amide bonds. The highest BCUT2D eigenvalue weighted by atomic mass is 32.1. The molecule has 0 spiro atoms. The summed E-state index contributed by atoms with van der Waals surface area (Å²) < 4.78 is 17.6. The number of nitrogens with two attached hydrogens (primary N) is 1. The van der Waals surface area contributed by atoms with Crippen molar-refractivity contribution in [1.29, 1.82) is 0 Å². The molecule has 308 valence electrons. The van der Waals surface area contributed by atoms with Crippen LogP contribution in [-0.2, 0) is 47.7 Å². The Balaban J connectivity index is -0.0000000583. The van der Waals surface area contributed by atoms with Crippen LogP contribution in [0.25, 0.3) is 0 Å². The van der Waals surface area contributed by atoms with Crippen LogP contribution < -0.4 is 11.1 Å².